The smallest absolute Gasteiger partial charge is 0.225 e. The fourth-order valence-electron chi connectivity index (χ4n) is 5.35. The van der Waals surface area contributed by atoms with Gasteiger partial charge in [0.2, 0.25) is 5.95 Å². The van der Waals surface area contributed by atoms with Crippen molar-refractivity contribution in [2.45, 2.75) is 38.6 Å². The van der Waals surface area contributed by atoms with E-state index in [4.69, 9.17) is 15.0 Å². The Morgan fingerprint density at radius 2 is 1.85 bits per heavy atom. The van der Waals surface area contributed by atoms with Crippen LogP contribution in [-0.4, -0.2) is 90.6 Å². The minimum absolute atomic E-state index is 0.795. The summed E-state index contributed by atoms with van der Waals surface area (Å²) in [4.78, 5) is 26.1. The first-order chi connectivity index (χ1) is 19.2. The molecule has 1 aliphatic carbocycles. The molecule has 0 amide bonds. The molecule has 0 unspecified atom stereocenters. The van der Waals surface area contributed by atoms with Crippen LogP contribution < -0.4 is 4.90 Å². The summed E-state index contributed by atoms with van der Waals surface area (Å²) in [5, 5.41) is 0. The summed E-state index contributed by atoms with van der Waals surface area (Å²) >= 11 is 0. The molecule has 0 atom stereocenters. The van der Waals surface area contributed by atoms with Crippen LogP contribution in [0.3, 0.4) is 0 Å². The molecule has 0 radical (unpaired) electrons. The third-order valence-electron chi connectivity index (χ3n) is 8.05. The Kier molecular flexibility index (Phi) is 9.46. The Hall–Kier alpha value is -3.42. The number of likely N-dealkylation sites (N-methyl/N-ethyl adjacent to an activating group) is 1. The number of dihydropyridines is 1. The van der Waals surface area contributed by atoms with Gasteiger partial charge in [-0.1, -0.05) is 55.8 Å². The van der Waals surface area contributed by atoms with Crippen molar-refractivity contribution in [2.24, 2.45) is 9.98 Å². The van der Waals surface area contributed by atoms with Crippen LogP contribution in [0.15, 0.2) is 82.2 Å². The minimum Gasteiger partial charge on any atom is -0.338 e. The highest BCUT2D eigenvalue weighted by Gasteiger charge is 2.28. The lowest BCUT2D eigenvalue weighted by Crippen LogP contribution is -2.52. The van der Waals surface area contributed by atoms with Gasteiger partial charge < -0.3 is 4.90 Å². The van der Waals surface area contributed by atoms with E-state index in [0.717, 1.165) is 81.2 Å². The highest BCUT2D eigenvalue weighted by atomic mass is 15.3. The molecule has 3 aliphatic rings. The first-order valence-electron chi connectivity index (χ1n) is 14.4. The summed E-state index contributed by atoms with van der Waals surface area (Å²) in [6.45, 7) is 9.17. The second-order valence-electron chi connectivity index (χ2n) is 10.5. The van der Waals surface area contributed by atoms with Crippen LogP contribution in [0.2, 0.25) is 0 Å². The van der Waals surface area contributed by atoms with Gasteiger partial charge in [-0.25, -0.2) is 9.97 Å². The largest absolute Gasteiger partial charge is 0.338 e. The third kappa shape index (κ3) is 7.16. The summed E-state index contributed by atoms with van der Waals surface area (Å²) in [5.41, 5.74) is 5.36. The maximum Gasteiger partial charge on any atom is 0.225 e. The quantitative estimate of drug-likeness (QED) is 0.452. The zero-order valence-electron chi connectivity index (χ0n) is 23.4. The molecule has 1 aromatic carbocycles. The number of aromatic nitrogens is 2. The molecule has 7 nitrogen and oxygen atoms in total. The summed E-state index contributed by atoms with van der Waals surface area (Å²) in [5.74, 6) is 0.868. The van der Waals surface area contributed by atoms with Gasteiger partial charge in [-0.2, -0.15) is 0 Å². The molecule has 3 heterocycles. The van der Waals surface area contributed by atoms with Gasteiger partial charge in [0.15, 0.2) is 0 Å². The second-order valence-corrected chi connectivity index (χ2v) is 10.5. The second kappa shape index (κ2) is 13.6. The normalized spacial score (nSPS) is 20.8. The lowest BCUT2D eigenvalue weighted by Gasteiger charge is -2.42. The van der Waals surface area contributed by atoms with Crippen LogP contribution in [-0.2, 0) is 6.42 Å². The Morgan fingerprint density at radius 3 is 2.51 bits per heavy atom. The molecular weight excluding hydrogens is 482 g/mol. The number of benzene rings is 1. The molecule has 1 aromatic heterocycles. The number of aliphatic imine (C=N–C) groups is 2. The number of hydrogen-bond acceptors (Lipinski definition) is 7. The van der Waals surface area contributed by atoms with Crippen LogP contribution in [0.1, 0.15) is 37.3 Å². The molecule has 2 fully saturated rings. The van der Waals surface area contributed by atoms with Crippen molar-refractivity contribution in [3.63, 3.8) is 0 Å². The number of hydrogen-bond donors (Lipinski definition) is 0. The lowest BCUT2D eigenvalue weighted by atomic mass is 9.91. The SMILES string of the molecule is CCN(CCc1cnc(N2CCN(C3CCC3)CC2)nc1)CC(/C=C/c1ccccc1)=C1\N=CC=CC1=NC. The molecule has 2 aromatic rings. The van der Waals surface area contributed by atoms with E-state index in [1.54, 1.807) is 0 Å². The topological polar surface area (TPSA) is 60.2 Å². The van der Waals surface area contributed by atoms with E-state index in [9.17, 15) is 0 Å². The number of allylic oxidation sites excluding steroid dienone is 2. The van der Waals surface area contributed by atoms with Gasteiger partial charge in [-0.3, -0.25) is 19.8 Å². The highest BCUT2D eigenvalue weighted by Crippen LogP contribution is 2.26. The zero-order chi connectivity index (χ0) is 26.9. The van der Waals surface area contributed by atoms with Crippen molar-refractivity contribution < 1.29 is 0 Å². The number of rotatable bonds is 10. The van der Waals surface area contributed by atoms with Gasteiger partial charge in [0.25, 0.3) is 0 Å². The summed E-state index contributed by atoms with van der Waals surface area (Å²) < 4.78 is 0. The molecule has 7 heteroatoms. The monoisotopic (exact) mass is 523 g/mol. The fourth-order valence-corrected chi connectivity index (χ4v) is 5.35. The molecule has 39 heavy (non-hydrogen) atoms. The van der Waals surface area contributed by atoms with E-state index in [-0.39, 0.29) is 0 Å². The van der Waals surface area contributed by atoms with E-state index in [2.05, 4.69) is 63.0 Å². The van der Waals surface area contributed by atoms with E-state index in [0.29, 0.717) is 0 Å². The average molecular weight is 524 g/mol. The Bertz CT molecular complexity index is 1210. The van der Waals surface area contributed by atoms with E-state index < -0.39 is 0 Å². The van der Waals surface area contributed by atoms with Crippen molar-refractivity contribution in [1.29, 1.82) is 0 Å². The standard InChI is InChI=1S/C32H41N7/c1-3-37(25-28(15-14-26-9-5-4-6-10-26)31-30(33-2)13-8-17-34-31)18-16-27-23-35-32(36-24-27)39-21-19-38(20-22-39)29-11-7-12-29/h4-6,8-10,13-15,17,23-24,29H,3,7,11-12,16,18-22,25H2,1-2H3/b15-14+,31-28-,33-30?. The third-order valence-corrected chi connectivity index (χ3v) is 8.05. The predicted octanol–water partition coefficient (Wildman–Crippen LogP) is 4.69. The molecule has 1 saturated carbocycles. The van der Waals surface area contributed by atoms with Crippen LogP contribution in [0.25, 0.3) is 6.08 Å². The van der Waals surface area contributed by atoms with Gasteiger partial charge in [0, 0.05) is 71.0 Å². The highest BCUT2D eigenvalue weighted by molar-refractivity contribution is 6.13. The molecular formula is C32H41N7. The summed E-state index contributed by atoms with van der Waals surface area (Å²) in [6.07, 6.45) is 19.3. The molecule has 5 rings (SSSR count). The molecule has 2 aliphatic heterocycles. The van der Waals surface area contributed by atoms with E-state index >= 15 is 0 Å². The molecule has 204 valence electrons. The predicted molar refractivity (Wildman–Crippen MR) is 163 cm³/mol. The molecule has 0 bridgehead atoms. The lowest BCUT2D eigenvalue weighted by molar-refractivity contribution is 0.120. The van der Waals surface area contributed by atoms with Crippen LogP contribution in [0.4, 0.5) is 5.95 Å². The zero-order valence-corrected chi connectivity index (χ0v) is 23.4. The fraction of sp³-hybridized carbons (Fsp3) is 0.438. The van der Waals surface area contributed by atoms with Gasteiger partial charge in [-0.05, 0) is 54.7 Å². The van der Waals surface area contributed by atoms with Crippen LogP contribution in [0.5, 0.6) is 0 Å². The number of anilines is 1. The van der Waals surface area contributed by atoms with Crippen LogP contribution >= 0.6 is 0 Å². The van der Waals surface area contributed by atoms with Gasteiger partial charge in [0.05, 0.1) is 11.4 Å². The Morgan fingerprint density at radius 1 is 1.08 bits per heavy atom. The van der Waals surface area contributed by atoms with Gasteiger partial charge in [0.1, 0.15) is 0 Å². The molecule has 0 spiro atoms. The summed E-state index contributed by atoms with van der Waals surface area (Å²) in [7, 11) is 1.83. The number of piperazine rings is 1. The minimum atomic E-state index is 0.795. The van der Waals surface area contributed by atoms with Crippen molar-refractivity contribution in [3.8, 4) is 0 Å². The Balaban J connectivity index is 1.21. The summed E-state index contributed by atoms with van der Waals surface area (Å²) in [6, 6.07) is 11.2. The van der Waals surface area contributed by atoms with Gasteiger partial charge in [-0.15, -0.1) is 0 Å². The van der Waals surface area contributed by atoms with E-state index in [1.165, 1.54) is 30.4 Å². The van der Waals surface area contributed by atoms with Crippen molar-refractivity contribution in [3.05, 3.63) is 83.4 Å². The van der Waals surface area contributed by atoms with Crippen molar-refractivity contribution in [2.75, 3.05) is 57.8 Å². The first-order valence-corrected chi connectivity index (χ1v) is 14.4. The van der Waals surface area contributed by atoms with Gasteiger partial charge >= 0.3 is 0 Å². The maximum atomic E-state index is 4.74. The first kappa shape index (κ1) is 27.2. The van der Waals surface area contributed by atoms with Crippen molar-refractivity contribution in [1.82, 2.24) is 19.8 Å². The Labute approximate surface area is 233 Å². The average Bonchev–Trinajstić information content (AvgIpc) is 2.97. The number of nitrogens with zero attached hydrogens (tertiary/aromatic N) is 7. The maximum absolute atomic E-state index is 4.74. The van der Waals surface area contributed by atoms with Crippen LogP contribution in [0, 0.1) is 0 Å². The molecule has 0 N–H and O–H groups in total. The van der Waals surface area contributed by atoms with Crippen molar-refractivity contribution >= 4 is 24.0 Å². The molecule has 1 saturated heterocycles. The van der Waals surface area contributed by atoms with E-state index in [1.807, 2.05) is 43.9 Å².